The Labute approximate surface area is 139 Å². The van der Waals surface area contributed by atoms with Gasteiger partial charge in [0.15, 0.2) is 0 Å². The first-order chi connectivity index (χ1) is 11.0. The molecule has 4 aliphatic rings. The molecule has 0 saturated heterocycles. The topological polar surface area (TPSA) is 46.2 Å². The second-order valence-corrected chi connectivity index (χ2v) is 9.89. The second kappa shape index (κ2) is 5.59. The molecule has 0 spiro atoms. The van der Waals surface area contributed by atoms with Crippen molar-refractivity contribution in [2.75, 3.05) is 0 Å². The monoisotopic (exact) mass is 333 g/mol. The molecule has 0 radical (unpaired) electrons. The molecule has 4 aliphatic carbocycles. The van der Waals surface area contributed by atoms with E-state index < -0.39 is 10.0 Å². The average Bonchev–Trinajstić information content (AvgIpc) is 2.52. The van der Waals surface area contributed by atoms with Crippen molar-refractivity contribution in [3.05, 3.63) is 30.3 Å². The third-order valence-electron chi connectivity index (χ3n) is 6.58. The number of rotatable bonds is 5. The summed E-state index contributed by atoms with van der Waals surface area (Å²) in [7, 11) is -3.42. The lowest BCUT2D eigenvalue weighted by atomic mass is 9.47. The molecular weight excluding hydrogens is 306 g/mol. The molecule has 1 N–H and O–H groups in total. The predicted octanol–water partition coefficient (Wildman–Crippen LogP) is 3.96. The van der Waals surface area contributed by atoms with Crippen molar-refractivity contribution in [3.8, 4) is 0 Å². The van der Waals surface area contributed by atoms with Gasteiger partial charge in [0.05, 0.1) is 4.90 Å². The molecule has 1 atom stereocenters. The van der Waals surface area contributed by atoms with Crippen molar-refractivity contribution in [1.82, 2.24) is 4.72 Å². The summed E-state index contributed by atoms with van der Waals surface area (Å²) < 4.78 is 28.7. The van der Waals surface area contributed by atoms with Gasteiger partial charge < -0.3 is 0 Å². The van der Waals surface area contributed by atoms with E-state index in [9.17, 15) is 8.42 Å². The molecule has 1 unspecified atom stereocenters. The maximum Gasteiger partial charge on any atom is 0.240 e. The third-order valence-corrected chi connectivity index (χ3v) is 8.07. The summed E-state index contributed by atoms with van der Waals surface area (Å²) >= 11 is 0. The van der Waals surface area contributed by atoms with Crippen LogP contribution in [0, 0.1) is 23.2 Å². The smallest absolute Gasteiger partial charge is 0.208 e. The minimum atomic E-state index is -3.42. The van der Waals surface area contributed by atoms with E-state index in [1.165, 1.54) is 38.5 Å². The number of hydrogen-bond donors (Lipinski definition) is 1. The zero-order valence-electron chi connectivity index (χ0n) is 13.9. The number of hydrogen-bond acceptors (Lipinski definition) is 2. The van der Waals surface area contributed by atoms with Crippen LogP contribution in [0.2, 0.25) is 0 Å². The van der Waals surface area contributed by atoms with Gasteiger partial charge in [-0.05, 0) is 80.2 Å². The van der Waals surface area contributed by atoms with Crippen LogP contribution < -0.4 is 4.72 Å². The van der Waals surface area contributed by atoms with Crippen LogP contribution in [-0.4, -0.2) is 14.5 Å². The van der Waals surface area contributed by atoms with Gasteiger partial charge in [0.2, 0.25) is 10.0 Å². The lowest BCUT2D eigenvalue weighted by Gasteiger charge is -2.59. The summed E-state index contributed by atoms with van der Waals surface area (Å²) in [5.74, 6) is 2.53. The molecule has 0 amide bonds. The standard InChI is InChI=1S/C19H27NO2S/c1-2-18(20-23(21,22)17-6-4-3-5-7-17)19-11-14-8-15(12-19)10-16(9-14)13-19/h3-7,14-16,18,20H,2,8-13H2,1H3. The maximum atomic E-state index is 12.8. The Hall–Kier alpha value is -0.870. The summed E-state index contributed by atoms with van der Waals surface area (Å²) in [5, 5.41) is 0. The van der Waals surface area contributed by atoms with Gasteiger partial charge >= 0.3 is 0 Å². The molecule has 0 heterocycles. The van der Waals surface area contributed by atoms with Gasteiger partial charge in [-0.3, -0.25) is 0 Å². The van der Waals surface area contributed by atoms with Crippen LogP contribution in [0.4, 0.5) is 0 Å². The molecule has 4 heteroatoms. The highest BCUT2D eigenvalue weighted by atomic mass is 32.2. The van der Waals surface area contributed by atoms with Crippen LogP contribution in [0.5, 0.6) is 0 Å². The summed E-state index contributed by atoms with van der Waals surface area (Å²) in [6, 6.07) is 8.90. The second-order valence-electron chi connectivity index (χ2n) is 8.18. The molecule has 4 fully saturated rings. The molecule has 126 valence electrons. The number of benzene rings is 1. The average molecular weight is 333 g/mol. The summed E-state index contributed by atoms with van der Waals surface area (Å²) in [6.07, 6.45) is 8.75. The minimum absolute atomic E-state index is 0.0844. The highest BCUT2D eigenvalue weighted by Gasteiger charge is 2.54. The van der Waals surface area contributed by atoms with E-state index in [2.05, 4.69) is 11.6 Å². The Balaban J connectivity index is 1.60. The van der Waals surface area contributed by atoms with Gasteiger partial charge in [-0.25, -0.2) is 13.1 Å². The highest BCUT2D eigenvalue weighted by molar-refractivity contribution is 7.89. The molecule has 1 aromatic rings. The Morgan fingerprint density at radius 2 is 1.57 bits per heavy atom. The lowest BCUT2D eigenvalue weighted by Crippen LogP contribution is -2.56. The van der Waals surface area contributed by atoms with Crippen LogP contribution in [0.15, 0.2) is 35.2 Å². The Kier molecular flexibility index (Phi) is 3.80. The zero-order valence-corrected chi connectivity index (χ0v) is 14.7. The fourth-order valence-electron chi connectivity index (χ4n) is 6.10. The molecule has 0 aliphatic heterocycles. The van der Waals surface area contributed by atoms with Gasteiger partial charge in [-0.15, -0.1) is 0 Å². The summed E-state index contributed by atoms with van der Waals surface area (Å²) in [5.41, 5.74) is 0.214. The highest BCUT2D eigenvalue weighted by Crippen LogP contribution is 2.61. The Bertz CT molecular complexity index is 633. The van der Waals surface area contributed by atoms with Crippen molar-refractivity contribution in [1.29, 1.82) is 0 Å². The van der Waals surface area contributed by atoms with E-state index in [-0.39, 0.29) is 11.5 Å². The van der Waals surface area contributed by atoms with Gasteiger partial charge in [-0.1, -0.05) is 25.1 Å². The minimum Gasteiger partial charge on any atom is -0.208 e. The van der Waals surface area contributed by atoms with E-state index in [4.69, 9.17) is 0 Å². The molecule has 3 nitrogen and oxygen atoms in total. The van der Waals surface area contributed by atoms with Crippen LogP contribution >= 0.6 is 0 Å². The first kappa shape index (κ1) is 15.6. The van der Waals surface area contributed by atoms with Crippen molar-refractivity contribution in [2.45, 2.75) is 62.8 Å². The molecule has 23 heavy (non-hydrogen) atoms. The first-order valence-corrected chi connectivity index (χ1v) is 10.6. The SMILES string of the molecule is CCC(NS(=O)(=O)c1ccccc1)C12CC3CC(CC(C3)C1)C2. The fraction of sp³-hybridized carbons (Fsp3) is 0.684. The molecular formula is C19H27NO2S. The molecule has 4 bridgehead atoms. The van der Waals surface area contributed by atoms with E-state index >= 15 is 0 Å². The summed E-state index contributed by atoms with van der Waals surface area (Å²) in [6.45, 7) is 2.14. The van der Waals surface area contributed by atoms with Gasteiger partial charge in [-0.2, -0.15) is 0 Å². The van der Waals surface area contributed by atoms with E-state index in [0.717, 1.165) is 24.2 Å². The van der Waals surface area contributed by atoms with Crippen molar-refractivity contribution >= 4 is 10.0 Å². The molecule has 1 aromatic carbocycles. The maximum absolute atomic E-state index is 12.8. The number of nitrogens with one attached hydrogen (secondary N) is 1. The van der Waals surface area contributed by atoms with E-state index in [1.807, 2.05) is 6.07 Å². The number of sulfonamides is 1. The lowest BCUT2D eigenvalue weighted by molar-refractivity contribution is -0.0704. The molecule has 0 aromatic heterocycles. The van der Waals surface area contributed by atoms with Crippen LogP contribution in [0.25, 0.3) is 0 Å². The van der Waals surface area contributed by atoms with Gasteiger partial charge in [0, 0.05) is 6.04 Å². The zero-order chi connectivity index (χ0) is 16.1. The van der Waals surface area contributed by atoms with Crippen molar-refractivity contribution < 1.29 is 8.42 Å². The third kappa shape index (κ3) is 2.74. The van der Waals surface area contributed by atoms with Gasteiger partial charge in [0.25, 0.3) is 0 Å². The summed E-state index contributed by atoms with van der Waals surface area (Å²) in [4.78, 5) is 0.392. The fourth-order valence-corrected chi connectivity index (χ4v) is 7.54. The quantitative estimate of drug-likeness (QED) is 0.886. The van der Waals surface area contributed by atoms with Crippen LogP contribution in [-0.2, 0) is 10.0 Å². The van der Waals surface area contributed by atoms with Gasteiger partial charge in [0.1, 0.15) is 0 Å². The first-order valence-electron chi connectivity index (χ1n) is 9.08. The normalized spacial score (nSPS) is 37.0. The Morgan fingerprint density at radius 1 is 1.04 bits per heavy atom. The molecule has 4 saturated carbocycles. The Morgan fingerprint density at radius 3 is 2.04 bits per heavy atom. The van der Waals surface area contributed by atoms with Crippen LogP contribution in [0.3, 0.4) is 0 Å². The van der Waals surface area contributed by atoms with Crippen molar-refractivity contribution in [3.63, 3.8) is 0 Å². The largest absolute Gasteiger partial charge is 0.240 e. The van der Waals surface area contributed by atoms with E-state index in [1.54, 1.807) is 24.3 Å². The molecule has 5 rings (SSSR count). The predicted molar refractivity (Wildman–Crippen MR) is 91.4 cm³/mol. The van der Waals surface area contributed by atoms with Crippen LogP contribution in [0.1, 0.15) is 51.9 Å². The van der Waals surface area contributed by atoms with E-state index in [0.29, 0.717) is 4.90 Å². The van der Waals surface area contributed by atoms with Crippen molar-refractivity contribution in [2.24, 2.45) is 23.2 Å².